The smallest absolute Gasteiger partial charge is 0.249 e. The van der Waals surface area contributed by atoms with Crippen molar-refractivity contribution < 1.29 is 13.2 Å². The maximum Gasteiger partial charge on any atom is 0.249 e. The number of fused-ring (bicyclic) bond motifs is 1. The van der Waals surface area contributed by atoms with E-state index in [1.807, 2.05) is 23.6 Å². The van der Waals surface area contributed by atoms with Gasteiger partial charge in [-0.25, -0.2) is 8.42 Å². The number of aromatic nitrogens is 1. The molecule has 0 N–H and O–H groups in total. The first-order valence-electron chi connectivity index (χ1n) is 8.05. The van der Waals surface area contributed by atoms with E-state index in [1.165, 1.54) is 23.5 Å². The van der Waals surface area contributed by atoms with Crippen LogP contribution in [0.5, 0.6) is 0 Å². The Morgan fingerprint density at radius 2 is 1.92 bits per heavy atom. The van der Waals surface area contributed by atoms with Gasteiger partial charge in [0.1, 0.15) is 0 Å². The zero-order valence-electron chi connectivity index (χ0n) is 14.1. The molecule has 0 spiro atoms. The fraction of sp³-hybridized carbons (Fsp3) is 0.222. The van der Waals surface area contributed by atoms with Crippen molar-refractivity contribution in [2.75, 3.05) is 5.75 Å². The average Bonchev–Trinajstić information content (AvgIpc) is 2.96. The monoisotopic (exact) mass is 408 g/mol. The summed E-state index contributed by atoms with van der Waals surface area (Å²) in [6.45, 7) is 2.61. The molecule has 136 valence electrons. The van der Waals surface area contributed by atoms with E-state index in [9.17, 15) is 13.2 Å². The molecule has 2 aromatic carbocycles. The summed E-state index contributed by atoms with van der Waals surface area (Å²) in [7, 11) is -3.50. The highest BCUT2D eigenvalue weighted by atomic mass is 35.5. The Hall–Kier alpha value is -1.96. The number of aryl methyl sites for hydroxylation is 1. The van der Waals surface area contributed by atoms with E-state index in [1.54, 1.807) is 24.3 Å². The van der Waals surface area contributed by atoms with Gasteiger partial charge >= 0.3 is 0 Å². The zero-order chi connectivity index (χ0) is 18.7. The van der Waals surface area contributed by atoms with Gasteiger partial charge in [-0.2, -0.15) is 4.99 Å². The molecular weight excluding hydrogens is 392 g/mol. The van der Waals surface area contributed by atoms with Crippen molar-refractivity contribution in [3.8, 4) is 0 Å². The number of amides is 1. The van der Waals surface area contributed by atoms with Crippen LogP contribution >= 0.6 is 22.9 Å². The van der Waals surface area contributed by atoms with Gasteiger partial charge in [-0.05, 0) is 37.3 Å². The minimum Gasteiger partial charge on any atom is -0.317 e. The maximum atomic E-state index is 12.3. The summed E-state index contributed by atoms with van der Waals surface area (Å²) >= 11 is 7.38. The van der Waals surface area contributed by atoms with Gasteiger partial charge in [0.2, 0.25) is 5.91 Å². The summed E-state index contributed by atoms with van der Waals surface area (Å²) < 4.78 is 27.4. The Bertz CT molecular complexity index is 1120. The molecule has 5 nitrogen and oxygen atoms in total. The van der Waals surface area contributed by atoms with Crippen molar-refractivity contribution >= 4 is 48.9 Å². The van der Waals surface area contributed by atoms with E-state index in [2.05, 4.69) is 4.99 Å². The molecule has 0 aliphatic carbocycles. The Balaban J connectivity index is 1.84. The van der Waals surface area contributed by atoms with Crippen molar-refractivity contribution in [1.82, 2.24) is 4.57 Å². The third-order valence-electron chi connectivity index (χ3n) is 3.87. The molecule has 1 aromatic heterocycles. The molecule has 0 saturated heterocycles. The van der Waals surface area contributed by atoms with Crippen LogP contribution in [0.2, 0.25) is 5.02 Å². The molecule has 0 saturated carbocycles. The SMILES string of the molecule is CCn1c(=NC(=O)CCS(=O)(=O)c2ccccc2)sc2cc(Cl)ccc21. The van der Waals surface area contributed by atoms with Crippen LogP contribution < -0.4 is 4.80 Å². The Labute approximate surface area is 160 Å². The number of rotatable bonds is 5. The molecule has 0 aliphatic heterocycles. The van der Waals surface area contributed by atoms with Gasteiger partial charge in [-0.3, -0.25) is 4.79 Å². The highest BCUT2D eigenvalue weighted by Gasteiger charge is 2.16. The van der Waals surface area contributed by atoms with Crippen LogP contribution in [0.4, 0.5) is 0 Å². The Morgan fingerprint density at radius 3 is 2.62 bits per heavy atom. The Kier molecular flexibility index (Phi) is 5.60. The predicted octanol–water partition coefficient (Wildman–Crippen LogP) is 3.67. The topological polar surface area (TPSA) is 68.5 Å². The largest absolute Gasteiger partial charge is 0.317 e. The van der Waals surface area contributed by atoms with Crippen molar-refractivity contribution in [3.05, 3.63) is 58.4 Å². The number of carbonyl (C=O) groups is 1. The summed E-state index contributed by atoms with van der Waals surface area (Å²) in [4.78, 5) is 17.1. The van der Waals surface area contributed by atoms with Crippen molar-refractivity contribution in [2.24, 2.45) is 4.99 Å². The van der Waals surface area contributed by atoms with Crippen LogP contribution in [-0.4, -0.2) is 24.6 Å². The van der Waals surface area contributed by atoms with E-state index in [0.717, 1.165) is 10.2 Å². The van der Waals surface area contributed by atoms with Crippen molar-refractivity contribution in [3.63, 3.8) is 0 Å². The van der Waals surface area contributed by atoms with Crippen LogP contribution in [0.1, 0.15) is 13.3 Å². The molecule has 8 heteroatoms. The van der Waals surface area contributed by atoms with E-state index in [0.29, 0.717) is 16.4 Å². The van der Waals surface area contributed by atoms with E-state index in [-0.39, 0.29) is 17.1 Å². The van der Waals surface area contributed by atoms with E-state index >= 15 is 0 Å². The number of thiazole rings is 1. The molecule has 0 unspecified atom stereocenters. The lowest BCUT2D eigenvalue weighted by atomic mass is 10.3. The summed E-state index contributed by atoms with van der Waals surface area (Å²) in [5.41, 5.74) is 0.949. The number of carbonyl (C=O) groups excluding carboxylic acids is 1. The molecule has 0 fully saturated rings. The molecule has 1 heterocycles. The third kappa shape index (κ3) is 4.06. The van der Waals surface area contributed by atoms with Gasteiger partial charge in [-0.15, -0.1) is 0 Å². The lowest BCUT2D eigenvalue weighted by Crippen LogP contribution is -2.17. The molecule has 0 aliphatic rings. The quantitative estimate of drug-likeness (QED) is 0.646. The fourth-order valence-electron chi connectivity index (χ4n) is 2.57. The van der Waals surface area contributed by atoms with Gasteiger partial charge in [0.25, 0.3) is 0 Å². The van der Waals surface area contributed by atoms with Gasteiger partial charge in [0.05, 0.1) is 20.9 Å². The minimum absolute atomic E-state index is 0.157. The number of halogens is 1. The first-order valence-corrected chi connectivity index (χ1v) is 10.9. The summed E-state index contributed by atoms with van der Waals surface area (Å²) in [6.07, 6.45) is -0.157. The lowest BCUT2D eigenvalue weighted by Gasteiger charge is -2.02. The number of nitrogens with zero attached hydrogens (tertiary/aromatic N) is 2. The number of hydrogen-bond donors (Lipinski definition) is 0. The van der Waals surface area contributed by atoms with Crippen molar-refractivity contribution in [1.29, 1.82) is 0 Å². The highest BCUT2D eigenvalue weighted by molar-refractivity contribution is 7.91. The lowest BCUT2D eigenvalue weighted by molar-refractivity contribution is -0.117. The summed E-state index contributed by atoms with van der Waals surface area (Å²) in [6, 6.07) is 13.6. The van der Waals surface area contributed by atoms with E-state index < -0.39 is 15.7 Å². The van der Waals surface area contributed by atoms with Crippen LogP contribution in [0.15, 0.2) is 58.4 Å². The molecule has 0 radical (unpaired) electrons. The average molecular weight is 409 g/mol. The normalized spacial score (nSPS) is 12.6. The zero-order valence-corrected chi connectivity index (χ0v) is 16.4. The van der Waals surface area contributed by atoms with Gasteiger partial charge < -0.3 is 4.57 Å². The van der Waals surface area contributed by atoms with Crippen molar-refractivity contribution in [2.45, 2.75) is 24.8 Å². The molecule has 1 amide bonds. The number of benzene rings is 2. The second-order valence-corrected chi connectivity index (χ2v) is 9.18. The predicted molar refractivity (Wildman–Crippen MR) is 104 cm³/mol. The molecule has 3 rings (SSSR count). The number of sulfone groups is 1. The molecular formula is C18H17ClN2O3S2. The first-order chi connectivity index (χ1) is 12.4. The molecule has 26 heavy (non-hydrogen) atoms. The first kappa shape index (κ1) is 18.8. The van der Waals surface area contributed by atoms with Crippen LogP contribution in [0.25, 0.3) is 10.2 Å². The van der Waals surface area contributed by atoms with Gasteiger partial charge in [-0.1, -0.05) is 41.1 Å². The summed E-state index contributed by atoms with van der Waals surface area (Å²) in [5, 5.41) is 0.619. The van der Waals surface area contributed by atoms with E-state index in [4.69, 9.17) is 11.6 Å². The standard InChI is InChI=1S/C18H17ClN2O3S2/c1-2-21-15-9-8-13(19)12-16(15)25-18(21)20-17(22)10-11-26(23,24)14-6-4-3-5-7-14/h3-9,12H,2,10-11H2,1H3. The second-order valence-electron chi connectivity index (χ2n) is 5.63. The summed E-state index contributed by atoms with van der Waals surface area (Å²) in [5.74, 6) is -0.716. The highest BCUT2D eigenvalue weighted by Crippen LogP contribution is 2.21. The van der Waals surface area contributed by atoms with Gasteiger partial charge in [0, 0.05) is 18.0 Å². The fourth-order valence-corrected chi connectivity index (χ4v) is 5.21. The van der Waals surface area contributed by atoms with Crippen LogP contribution in [0, 0.1) is 0 Å². The Morgan fingerprint density at radius 1 is 1.19 bits per heavy atom. The second kappa shape index (κ2) is 7.73. The van der Waals surface area contributed by atoms with Crippen LogP contribution in [0.3, 0.4) is 0 Å². The molecule has 0 atom stereocenters. The molecule has 0 bridgehead atoms. The third-order valence-corrected chi connectivity index (χ3v) is 6.88. The number of hydrogen-bond acceptors (Lipinski definition) is 4. The van der Waals surface area contributed by atoms with Gasteiger partial charge in [0.15, 0.2) is 14.6 Å². The maximum absolute atomic E-state index is 12.3. The molecule has 3 aromatic rings. The minimum atomic E-state index is -3.50. The van der Waals surface area contributed by atoms with Crippen LogP contribution in [-0.2, 0) is 21.2 Å².